The van der Waals surface area contributed by atoms with E-state index in [9.17, 15) is 0 Å². The lowest BCUT2D eigenvalue weighted by Gasteiger charge is -2.39. The molecule has 130 valence electrons. The Morgan fingerprint density at radius 1 is 0.682 bits per heavy atom. The molecule has 2 aliphatic rings. The first-order valence-electron chi connectivity index (χ1n) is 10.4. The Hall–Kier alpha value is -0.0800. The van der Waals surface area contributed by atoms with Gasteiger partial charge < -0.3 is 4.90 Å². The van der Waals surface area contributed by atoms with Gasteiger partial charge in [0.2, 0.25) is 0 Å². The Balaban J connectivity index is 1.71. The van der Waals surface area contributed by atoms with Crippen LogP contribution in [0.15, 0.2) is 0 Å². The number of unbranched alkanes of at least 4 members (excludes halogenated alkanes) is 5. The molecule has 0 aromatic carbocycles. The Bertz CT molecular complexity index is 254. The minimum absolute atomic E-state index is 0.851. The molecule has 0 radical (unpaired) electrons. The van der Waals surface area contributed by atoms with E-state index in [0.717, 1.165) is 6.04 Å². The second-order valence-corrected chi connectivity index (χ2v) is 7.67. The molecule has 2 nitrogen and oxygen atoms in total. The van der Waals surface area contributed by atoms with Crippen molar-refractivity contribution in [2.24, 2.45) is 0 Å². The van der Waals surface area contributed by atoms with Gasteiger partial charge in [-0.15, -0.1) is 0 Å². The summed E-state index contributed by atoms with van der Waals surface area (Å²) in [6, 6.07) is 0.851. The number of piperidine rings is 2. The van der Waals surface area contributed by atoms with Gasteiger partial charge in [-0.1, -0.05) is 58.3 Å². The van der Waals surface area contributed by atoms with Crippen LogP contribution >= 0.6 is 0 Å². The van der Waals surface area contributed by atoms with Crippen LogP contribution in [0.1, 0.15) is 90.4 Å². The maximum Gasteiger partial charge on any atom is 0.0223 e. The summed E-state index contributed by atoms with van der Waals surface area (Å²) in [5, 5.41) is 0. The topological polar surface area (TPSA) is 6.48 Å². The molecule has 2 heterocycles. The van der Waals surface area contributed by atoms with Gasteiger partial charge in [0.15, 0.2) is 0 Å². The molecule has 22 heavy (non-hydrogen) atoms. The Morgan fingerprint density at radius 3 is 1.95 bits per heavy atom. The van der Waals surface area contributed by atoms with E-state index in [1.165, 1.54) is 116 Å². The van der Waals surface area contributed by atoms with Crippen molar-refractivity contribution in [3.05, 3.63) is 0 Å². The lowest BCUT2D eigenvalue weighted by molar-refractivity contribution is 0.101. The molecular formula is C20H40N2. The van der Waals surface area contributed by atoms with Gasteiger partial charge in [-0.2, -0.15) is 0 Å². The molecule has 0 aromatic rings. The Morgan fingerprint density at radius 2 is 1.27 bits per heavy atom. The summed E-state index contributed by atoms with van der Waals surface area (Å²) in [7, 11) is 0. The molecule has 2 fully saturated rings. The monoisotopic (exact) mass is 308 g/mol. The van der Waals surface area contributed by atoms with E-state index in [1.807, 2.05) is 0 Å². The first kappa shape index (κ1) is 18.3. The van der Waals surface area contributed by atoms with Crippen molar-refractivity contribution < 1.29 is 0 Å². The largest absolute Gasteiger partial charge is 0.302 e. The molecular weight excluding hydrogens is 268 g/mol. The minimum Gasteiger partial charge on any atom is -0.302 e. The third-order valence-electron chi connectivity index (χ3n) is 5.72. The number of nitrogens with zero attached hydrogens (tertiary/aromatic N) is 2. The van der Waals surface area contributed by atoms with Crippen LogP contribution in [-0.4, -0.2) is 48.6 Å². The molecule has 2 heteroatoms. The van der Waals surface area contributed by atoms with Crippen molar-refractivity contribution in [3.8, 4) is 0 Å². The van der Waals surface area contributed by atoms with Crippen LogP contribution in [0.25, 0.3) is 0 Å². The number of hydrogen-bond donors (Lipinski definition) is 0. The standard InChI is InChI=1S/C20H40N2/c1-2-3-4-5-6-9-14-20(22-17-12-8-13-18-22)19-21-15-10-7-11-16-21/h20H,2-19H2,1H3/t20-/m1/s1. The van der Waals surface area contributed by atoms with E-state index < -0.39 is 0 Å². The molecule has 2 aliphatic heterocycles. The fourth-order valence-corrected chi connectivity index (χ4v) is 4.27. The molecule has 0 N–H and O–H groups in total. The molecule has 0 spiro atoms. The molecule has 1 atom stereocenters. The van der Waals surface area contributed by atoms with Crippen LogP contribution in [0.4, 0.5) is 0 Å². The van der Waals surface area contributed by atoms with Crippen LogP contribution in [-0.2, 0) is 0 Å². The first-order chi connectivity index (χ1) is 10.9. The number of rotatable bonds is 10. The van der Waals surface area contributed by atoms with E-state index in [0.29, 0.717) is 0 Å². The molecule has 0 unspecified atom stereocenters. The maximum atomic E-state index is 2.84. The third kappa shape index (κ3) is 7.00. The van der Waals surface area contributed by atoms with Gasteiger partial charge in [0.1, 0.15) is 0 Å². The van der Waals surface area contributed by atoms with Crippen LogP contribution < -0.4 is 0 Å². The summed E-state index contributed by atoms with van der Waals surface area (Å²) >= 11 is 0. The third-order valence-corrected chi connectivity index (χ3v) is 5.72. The Kier molecular flexibility index (Phi) is 9.51. The highest BCUT2D eigenvalue weighted by atomic mass is 15.2. The SMILES string of the molecule is CCCCCCCC[C@H](CN1CCCCC1)N1CCCCC1. The highest BCUT2D eigenvalue weighted by Gasteiger charge is 2.23. The van der Waals surface area contributed by atoms with Crippen LogP contribution in [0.3, 0.4) is 0 Å². The van der Waals surface area contributed by atoms with Crippen molar-refractivity contribution in [2.75, 3.05) is 32.7 Å². The smallest absolute Gasteiger partial charge is 0.0223 e. The van der Waals surface area contributed by atoms with Gasteiger partial charge >= 0.3 is 0 Å². The van der Waals surface area contributed by atoms with Crippen molar-refractivity contribution in [1.29, 1.82) is 0 Å². The van der Waals surface area contributed by atoms with Crippen molar-refractivity contribution in [2.45, 2.75) is 96.4 Å². The second-order valence-electron chi connectivity index (χ2n) is 7.67. The van der Waals surface area contributed by atoms with Crippen LogP contribution in [0.2, 0.25) is 0 Å². The molecule has 0 aliphatic carbocycles. The van der Waals surface area contributed by atoms with Gasteiger partial charge in [0.25, 0.3) is 0 Å². The number of likely N-dealkylation sites (tertiary alicyclic amines) is 2. The van der Waals surface area contributed by atoms with Gasteiger partial charge in [-0.05, 0) is 58.3 Å². The second kappa shape index (κ2) is 11.5. The van der Waals surface area contributed by atoms with Crippen molar-refractivity contribution in [1.82, 2.24) is 9.80 Å². The summed E-state index contributed by atoms with van der Waals surface area (Å²) in [4.78, 5) is 5.60. The van der Waals surface area contributed by atoms with Crippen LogP contribution in [0, 0.1) is 0 Å². The van der Waals surface area contributed by atoms with E-state index in [-0.39, 0.29) is 0 Å². The zero-order chi connectivity index (χ0) is 15.5. The average molecular weight is 309 g/mol. The van der Waals surface area contributed by atoms with E-state index in [4.69, 9.17) is 0 Å². The highest BCUT2D eigenvalue weighted by Crippen LogP contribution is 2.20. The predicted octanol–water partition coefficient (Wildman–Crippen LogP) is 5.08. The van der Waals surface area contributed by atoms with E-state index >= 15 is 0 Å². The quantitative estimate of drug-likeness (QED) is 0.519. The zero-order valence-corrected chi connectivity index (χ0v) is 15.2. The normalized spacial score (nSPS) is 22.8. The summed E-state index contributed by atoms with van der Waals surface area (Å²) in [6.45, 7) is 9.13. The maximum absolute atomic E-state index is 2.84. The van der Waals surface area contributed by atoms with Gasteiger partial charge in [0.05, 0.1) is 0 Å². The lowest BCUT2D eigenvalue weighted by Crippen LogP contribution is -2.47. The zero-order valence-electron chi connectivity index (χ0n) is 15.2. The average Bonchev–Trinajstić information content (AvgIpc) is 2.58. The molecule has 0 aromatic heterocycles. The van der Waals surface area contributed by atoms with E-state index in [1.54, 1.807) is 0 Å². The summed E-state index contributed by atoms with van der Waals surface area (Å²) in [5.41, 5.74) is 0. The van der Waals surface area contributed by atoms with Gasteiger partial charge in [0, 0.05) is 12.6 Å². The van der Waals surface area contributed by atoms with Crippen molar-refractivity contribution >= 4 is 0 Å². The predicted molar refractivity (Wildman–Crippen MR) is 97.5 cm³/mol. The van der Waals surface area contributed by atoms with Gasteiger partial charge in [-0.3, -0.25) is 4.90 Å². The minimum atomic E-state index is 0.851. The Labute approximate surface area is 139 Å². The van der Waals surface area contributed by atoms with Crippen LogP contribution in [0.5, 0.6) is 0 Å². The number of hydrogen-bond acceptors (Lipinski definition) is 2. The fraction of sp³-hybridized carbons (Fsp3) is 1.00. The molecule has 0 bridgehead atoms. The highest BCUT2D eigenvalue weighted by molar-refractivity contribution is 4.79. The van der Waals surface area contributed by atoms with Crippen molar-refractivity contribution in [3.63, 3.8) is 0 Å². The molecule has 0 saturated carbocycles. The first-order valence-corrected chi connectivity index (χ1v) is 10.4. The molecule has 0 amide bonds. The lowest BCUT2D eigenvalue weighted by atomic mass is 10.0. The molecule has 2 saturated heterocycles. The summed E-state index contributed by atoms with van der Waals surface area (Å²) < 4.78 is 0. The van der Waals surface area contributed by atoms with E-state index in [2.05, 4.69) is 16.7 Å². The van der Waals surface area contributed by atoms with Gasteiger partial charge in [-0.25, -0.2) is 0 Å². The fourth-order valence-electron chi connectivity index (χ4n) is 4.27. The summed E-state index contributed by atoms with van der Waals surface area (Å²) in [6.07, 6.45) is 18.8. The molecule has 2 rings (SSSR count). The summed E-state index contributed by atoms with van der Waals surface area (Å²) in [5.74, 6) is 0.